The maximum atomic E-state index is 12.4. The number of rotatable bonds is 5. The first-order valence-electron chi connectivity index (χ1n) is 7.56. The van der Waals surface area contributed by atoms with E-state index in [0.717, 1.165) is 21.7 Å². The average Bonchev–Trinajstić information content (AvgIpc) is 2.55. The van der Waals surface area contributed by atoms with Gasteiger partial charge in [-0.05, 0) is 43.2 Å². The van der Waals surface area contributed by atoms with E-state index in [1.807, 2.05) is 38.1 Å². The Balaban J connectivity index is 2.29. The summed E-state index contributed by atoms with van der Waals surface area (Å²) >= 11 is 0. The molecule has 0 spiro atoms. The molecule has 0 unspecified atom stereocenters. The van der Waals surface area contributed by atoms with Crippen molar-refractivity contribution in [1.29, 1.82) is 5.26 Å². The maximum absolute atomic E-state index is 12.4. The second-order valence-corrected chi connectivity index (χ2v) is 7.65. The van der Waals surface area contributed by atoms with Crippen LogP contribution in [0, 0.1) is 25.2 Å². The molecular formula is C18H19N3O3S. The van der Waals surface area contributed by atoms with Crippen molar-refractivity contribution < 1.29 is 13.2 Å². The molecule has 0 heterocycles. The minimum Gasteiger partial charge on any atom is -0.324 e. The van der Waals surface area contributed by atoms with Crippen molar-refractivity contribution in [2.45, 2.75) is 13.8 Å². The number of aryl methyl sites for hydroxylation is 2. The standard InChI is InChI=1S/C18H19N3O3S/c1-13-6-4-7-14(2)18(13)20-17(22)12-21(25(3,23)24)16-9-5-8-15(10-16)11-19/h4-10H,12H2,1-3H3,(H,20,22). The van der Waals surface area contributed by atoms with E-state index in [0.29, 0.717) is 11.3 Å². The van der Waals surface area contributed by atoms with Crippen molar-refractivity contribution in [3.63, 3.8) is 0 Å². The zero-order chi connectivity index (χ0) is 18.6. The third-order valence-corrected chi connectivity index (χ3v) is 4.84. The lowest BCUT2D eigenvalue weighted by molar-refractivity contribution is -0.114. The van der Waals surface area contributed by atoms with Gasteiger partial charge in [0.25, 0.3) is 0 Å². The van der Waals surface area contributed by atoms with Crippen LogP contribution in [0.1, 0.15) is 16.7 Å². The van der Waals surface area contributed by atoms with Crippen molar-refractivity contribution in [2.24, 2.45) is 0 Å². The molecule has 0 aliphatic rings. The number of hydrogen-bond donors (Lipinski definition) is 1. The molecule has 0 aliphatic heterocycles. The first kappa shape index (κ1) is 18.5. The fraction of sp³-hybridized carbons (Fsp3) is 0.222. The zero-order valence-electron chi connectivity index (χ0n) is 14.3. The lowest BCUT2D eigenvalue weighted by atomic mass is 10.1. The van der Waals surface area contributed by atoms with E-state index in [1.165, 1.54) is 6.07 Å². The Morgan fingerprint density at radius 3 is 2.32 bits per heavy atom. The van der Waals surface area contributed by atoms with Gasteiger partial charge in [0.15, 0.2) is 0 Å². The van der Waals surface area contributed by atoms with E-state index in [9.17, 15) is 13.2 Å². The summed E-state index contributed by atoms with van der Waals surface area (Å²) in [4.78, 5) is 12.4. The summed E-state index contributed by atoms with van der Waals surface area (Å²) in [5.74, 6) is -0.454. The number of sulfonamides is 1. The molecule has 1 N–H and O–H groups in total. The Labute approximate surface area is 147 Å². The van der Waals surface area contributed by atoms with Crippen molar-refractivity contribution >= 4 is 27.3 Å². The summed E-state index contributed by atoms with van der Waals surface area (Å²) in [5, 5.41) is 11.8. The number of anilines is 2. The van der Waals surface area contributed by atoms with Crippen LogP contribution in [0.25, 0.3) is 0 Å². The van der Waals surface area contributed by atoms with Gasteiger partial charge < -0.3 is 5.32 Å². The van der Waals surface area contributed by atoms with Crippen molar-refractivity contribution in [3.05, 3.63) is 59.2 Å². The van der Waals surface area contributed by atoms with Gasteiger partial charge in [-0.15, -0.1) is 0 Å². The van der Waals surface area contributed by atoms with Crippen LogP contribution in [0.2, 0.25) is 0 Å². The molecule has 7 heteroatoms. The summed E-state index contributed by atoms with van der Waals surface area (Å²) in [7, 11) is -3.69. The molecule has 2 rings (SSSR count). The van der Waals surface area contributed by atoms with Crippen LogP contribution >= 0.6 is 0 Å². The lowest BCUT2D eigenvalue weighted by Gasteiger charge is -2.22. The Kier molecular flexibility index (Phi) is 5.45. The number of para-hydroxylation sites is 1. The number of carbonyl (C=O) groups excluding carboxylic acids is 1. The highest BCUT2D eigenvalue weighted by atomic mass is 32.2. The zero-order valence-corrected chi connectivity index (χ0v) is 15.1. The Hall–Kier alpha value is -2.85. The summed E-state index contributed by atoms with van der Waals surface area (Å²) in [5.41, 5.74) is 3.06. The summed E-state index contributed by atoms with van der Waals surface area (Å²) in [6.45, 7) is 3.36. The Bertz CT molecular complexity index is 926. The fourth-order valence-electron chi connectivity index (χ4n) is 2.45. The Morgan fingerprint density at radius 1 is 1.16 bits per heavy atom. The average molecular weight is 357 g/mol. The van der Waals surface area contributed by atoms with Crippen molar-refractivity contribution in [1.82, 2.24) is 0 Å². The fourth-order valence-corrected chi connectivity index (χ4v) is 3.30. The van der Waals surface area contributed by atoms with Gasteiger partial charge in [-0.1, -0.05) is 24.3 Å². The van der Waals surface area contributed by atoms with Crippen LogP contribution in [0.15, 0.2) is 42.5 Å². The summed E-state index contributed by atoms with van der Waals surface area (Å²) in [6.07, 6.45) is 1.03. The number of amides is 1. The number of carbonyl (C=O) groups is 1. The second kappa shape index (κ2) is 7.36. The van der Waals surface area contributed by atoms with Gasteiger partial charge in [-0.2, -0.15) is 5.26 Å². The highest BCUT2D eigenvalue weighted by molar-refractivity contribution is 7.92. The molecular weight excluding hydrogens is 338 g/mol. The van der Waals surface area contributed by atoms with Gasteiger partial charge in [-0.25, -0.2) is 8.42 Å². The molecule has 2 aromatic rings. The minimum atomic E-state index is -3.69. The van der Waals surface area contributed by atoms with Crippen molar-refractivity contribution in [3.8, 4) is 6.07 Å². The maximum Gasteiger partial charge on any atom is 0.245 e. The van der Waals surface area contributed by atoms with Gasteiger partial charge >= 0.3 is 0 Å². The van der Waals surface area contributed by atoms with E-state index in [2.05, 4.69) is 5.32 Å². The van der Waals surface area contributed by atoms with Crippen LogP contribution < -0.4 is 9.62 Å². The quantitative estimate of drug-likeness (QED) is 0.890. The van der Waals surface area contributed by atoms with Crippen molar-refractivity contribution in [2.75, 3.05) is 22.4 Å². The minimum absolute atomic E-state index is 0.276. The molecule has 0 saturated carbocycles. The molecule has 0 fully saturated rings. The van der Waals surface area contributed by atoms with Crippen LogP contribution in [0.4, 0.5) is 11.4 Å². The number of benzene rings is 2. The topological polar surface area (TPSA) is 90.3 Å². The summed E-state index contributed by atoms with van der Waals surface area (Å²) in [6, 6.07) is 13.7. The normalized spacial score (nSPS) is 10.8. The van der Waals surface area contributed by atoms with Gasteiger partial charge in [-0.3, -0.25) is 9.10 Å². The SMILES string of the molecule is Cc1cccc(C)c1NC(=O)CN(c1cccc(C#N)c1)S(C)(=O)=O. The molecule has 0 bridgehead atoms. The molecule has 0 aromatic heterocycles. The molecule has 1 amide bonds. The van der Waals surface area contributed by atoms with Crippen LogP contribution in [-0.4, -0.2) is 27.1 Å². The highest BCUT2D eigenvalue weighted by Crippen LogP contribution is 2.21. The van der Waals surface area contributed by atoms with Gasteiger partial charge in [0.2, 0.25) is 15.9 Å². The van der Waals surface area contributed by atoms with E-state index in [-0.39, 0.29) is 12.2 Å². The van der Waals surface area contributed by atoms with Crippen LogP contribution in [-0.2, 0) is 14.8 Å². The molecule has 0 atom stereocenters. The molecule has 2 aromatic carbocycles. The monoisotopic (exact) mass is 357 g/mol. The first-order chi connectivity index (χ1) is 11.7. The smallest absolute Gasteiger partial charge is 0.245 e. The van der Waals surface area contributed by atoms with Crippen LogP contribution in [0.3, 0.4) is 0 Å². The van der Waals surface area contributed by atoms with E-state index in [4.69, 9.17) is 5.26 Å². The summed E-state index contributed by atoms with van der Waals surface area (Å²) < 4.78 is 25.2. The second-order valence-electron chi connectivity index (χ2n) is 5.75. The first-order valence-corrected chi connectivity index (χ1v) is 9.41. The third-order valence-electron chi connectivity index (χ3n) is 3.70. The molecule has 0 saturated heterocycles. The molecule has 0 aliphatic carbocycles. The van der Waals surface area contributed by atoms with E-state index >= 15 is 0 Å². The molecule has 25 heavy (non-hydrogen) atoms. The third kappa shape index (κ3) is 4.58. The van der Waals surface area contributed by atoms with Crippen LogP contribution in [0.5, 0.6) is 0 Å². The number of nitrogens with one attached hydrogen (secondary N) is 1. The number of nitrogens with zero attached hydrogens (tertiary/aromatic N) is 2. The molecule has 0 radical (unpaired) electrons. The predicted molar refractivity (Wildman–Crippen MR) is 97.9 cm³/mol. The highest BCUT2D eigenvalue weighted by Gasteiger charge is 2.21. The van der Waals surface area contributed by atoms with E-state index in [1.54, 1.807) is 18.2 Å². The van der Waals surface area contributed by atoms with Gasteiger partial charge in [0.05, 0.1) is 23.6 Å². The largest absolute Gasteiger partial charge is 0.324 e. The lowest BCUT2D eigenvalue weighted by Crippen LogP contribution is -2.37. The molecule has 130 valence electrons. The molecule has 6 nitrogen and oxygen atoms in total. The number of nitriles is 1. The van der Waals surface area contributed by atoms with Gasteiger partial charge in [0, 0.05) is 5.69 Å². The predicted octanol–water partition coefficient (Wildman–Crippen LogP) is 2.58. The van der Waals surface area contributed by atoms with Gasteiger partial charge in [0.1, 0.15) is 6.54 Å². The van der Waals surface area contributed by atoms with E-state index < -0.39 is 15.9 Å². The Morgan fingerprint density at radius 2 is 1.76 bits per heavy atom. The number of hydrogen-bond acceptors (Lipinski definition) is 4.